The van der Waals surface area contributed by atoms with E-state index in [1.54, 1.807) is 0 Å². The van der Waals surface area contributed by atoms with Gasteiger partial charge >= 0.3 is 0 Å². The number of benzene rings is 2. The third kappa shape index (κ3) is 5.62. The summed E-state index contributed by atoms with van der Waals surface area (Å²) in [6.45, 7) is 4.51. The Bertz CT molecular complexity index is 679. The van der Waals surface area contributed by atoms with Crippen molar-refractivity contribution in [3.8, 4) is 0 Å². The molecule has 0 heterocycles. The molecule has 0 spiro atoms. The molecule has 118 valence electrons. The van der Waals surface area contributed by atoms with E-state index < -0.39 is 10.0 Å². The Morgan fingerprint density at radius 1 is 0.955 bits per heavy atom. The van der Waals surface area contributed by atoms with Crippen molar-refractivity contribution < 1.29 is 8.42 Å². The van der Waals surface area contributed by atoms with Crippen LogP contribution in [0.3, 0.4) is 0 Å². The predicted molar refractivity (Wildman–Crippen MR) is 91.1 cm³/mol. The van der Waals surface area contributed by atoms with Crippen molar-refractivity contribution in [3.63, 3.8) is 0 Å². The molecule has 1 N–H and O–H groups in total. The van der Waals surface area contributed by atoms with Crippen LogP contribution in [-0.4, -0.2) is 15.0 Å². The van der Waals surface area contributed by atoms with Gasteiger partial charge in [-0.25, -0.2) is 13.1 Å². The molecule has 2 aromatic rings. The largest absolute Gasteiger partial charge is 0.215 e. The standard InChI is InChI=1S/C18H23NO2S/c1-15-8-10-18(11-9-15)14-22(20,21)19-13-16(2)12-17-6-4-3-5-7-17/h3-11,16,19H,12-14H2,1-2H3. The molecule has 4 heteroatoms. The van der Waals surface area contributed by atoms with Crippen molar-refractivity contribution in [1.29, 1.82) is 0 Å². The quantitative estimate of drug-likeness (QED) is 0.852. The molecular formula is C18H23NO2S. The summed E-state index contributed by atoms with van der Waals surface area (Å²) in [5.41, 5.74) is 3.17. The minimum Gasteiger partial charge on any atom is -0.215 e. The van der Waals surface area contributed by atoms with Gasteiger partial charge in [-0.15, -0.1) is 0 Å². The van der Waals surface area contributed by atoms with E-state index in [4.69, 9.17) is 0 Å². The lowest BCUT2D eigenvalue weighted by molar-refractivity contribution is 0.536. The zero-order valence-electron chi connectivity index (χ0n) is 13.1. The summed E-state index contributed by atoms with van der Waals surface area (Å²) in [5, 5.41) is 0. The van der Waals surface area contributed by atoms with Crippen LogP contribution in [0.4, 0.5) is 0 Å². The van der Waals surface area contributed by atoms with Crippen molar-refractivity contribution in [1.82, 2.24) is 4.72 Å². The monoisotopic (exact) mass is 317 g/mol. The zero-order chi connectivity index (χ0) is 16.0. The molecule has 0 bridgehead atoms. The first-order chi connectivity index (χ1) is 10.4. The van der Waals surface area contributed by atoms with Crippen molar-refractivity contribution in [2.75, 3.05) is 6.54 Å². The Balaban J connectivity index is 1.85. The number of aryl methyl sites for hydroxylation is 1. The Hall–Kier alpha value is -1.65. The molecule has 22 heavy (non-hydrogen) atoms. The van der Waals surface area contributed by atoms with Crippen LogP contribution in [0.15, 0.2) is 54.6 Å². The second-order valence-electron chi connectivity index (χ2n) is 5.89. The molecule has 1 atom stereocenters. The van der Waals surface area contributed by atoms with Crippen LogP contribution in [0.2, 0.25) is 0 Å². The van der Waals surface area contributed by atoms with E-state index in [-0.39, 0.29) is 11.7 Å². The molecule has 2 aromatic carbocycles. The second kappa shape index (κ2) is 7.56. The van der Waals surface area contributed by atoms with Gasteiger partial charge in [0, 0.05) is 6.54 Å². The molecule has 0 amide bonds. The summed E-state index contributed by atoms with van der Waals surface area (Å²) in [5.74, 6) is 0.293. The lowest BCUT2D eigenvalue weighted by Gasteiger charge is -2.13. The van der Waals surface area contributed by atoms with Gasteiger partial charge in [0.2, 0.25) is 10.0 Å². The van der Waals surface area contributed by atoms with Gasteiger partial charge in [-0.05, 0) is 30.4 Å². The Labute approximate surface area is 133 Å². The van der Waals surface area contributed by atoms with Crippen LogP contribution in [0.5, 0.6) is 0 Å². The molecule has 0 saturated heterocycles. The molecular weight excluding hydrogens is 294 g/mol. The predicted octanol–water partition coefficient (Wildman–Crippen LogP) is 3.29. The van der Waals surface area contributed by atoms with Gasteiger partial charge in [0.15, 0.2) is 0 Å². The maximum absolute atomic E-state index is 12.1. The topological polar surface area (TPSA) is 46.2 Å². The van der Waals surface area contributed by atoms with Gasteiger partial charge in [-0.3, -0.25) is 0 Å². The second-order valence-corrected chi connectivity index (χ2v) is 7.69. The number of hydrogen-bond donors (Lipinski definition) is 1. The highest BCUT2D eigenvalue weighted by Gasteiger charge is 2.13. The molecule has 0 radical (unpaired) electrons. The van der Waals surface area contributed by atoms with Crippen molar-refractivity contribution >= 4 is 10.0 Å². The van der Waals surface area contributed by atoms with Crippen LogP contribution < -0.4 is 4.72 Å². The molecule has 1 unspecified atom stereocenters. The first kappa shape index (κ1) is 16.7. The average Bonchev–Trinajstić information content (AvgIpc) is 2.49. The van der Waals surface area contributed by atoms with E-state index in [0.717, 1.165) is 17.5 Å². The number of hydrogen-bond acceptors (Lipinski definition) is 2. The molecule has 3 nitrogen and oxygen atoms in total. The maximum atomic E-state index is 12.1. The van der Waals surface area contributed by atoms with Gasteiger partial charge in [0.25, 0.3) is 0 Å². The normalized spacial score (nSPS) is 13.0. The highest BCUT2D eigenvalue weighted by Crippen LogP contribution is 2.10. The summed E-state index contributed by atoms with van der Waals surface area (Å²) in [6, 6.07) is 17.7. The number of nitrogens with one attached hydrogen (secondary N) is 1. The van der Waals surface area contributed by atoms with Gasteiger partial charge < -0.3 is 0 Å². The van der Waals surface area contributed by atoms with E-state index >= 15 is 0 Å². The van der Waals surface area contributed by atoms with Crippen LogP contribution in [-0.2, 0) is 22.2 Å². The minimum absolute atomic E-state index is 0.0331. The molecule has 0 saturated carbocycles. The van der Waals surface area contributed by atoms with Gasteiger partial charge in [0.1, 0.15) is 0 Å². The molecule has 0 aliphatic heterocycles. The minimum atomic E-state index is -3.28. The van der Waals surface area contributed by atoms with Gasteiger partial charge in [0.05, 0.1) is 5.75 Å². The van der Waals surface area contributed by atoms with E-state index in [1.165, 1.54) is 5.56 Å². The first-order valence-electron chi connectivity index (χ1n) is 7.51. The zero-order valence-corrected chi connectivity index (χ0v) is 13.9. The van der Waals surface area contributed by atoms with E-state index in [1.807, 2.05) is 49.4 Å². The van der Waals surface area contributed by atoms with Crippen molar-refractivity contribution in [2.24, 2.45) is 5.92 Å². The van der Waals surface area contributed by atoms with E-state index in [0.29, 0.717) is 6.54 Å². The van der Waals surface area contributed by atoms with Gasteiger partial charge in [-0.2, -0.15) is 0 Å². The summed E-state index contributed by atoms with van der Waals surface area (Å²) in [6.07, 6.45) is 0.869. The highest BCUT2D eigenvalue weighted by molar-refractivity contribution is 7.88. The fourth-order valence-electron chi connectivity index (χ4n) is 2.31. The number of rotatable bonds is 7. The van der Waals surface area contributed by atoms with Crippen LogP contribution in [0, 0.1) is 12.8 Å². The Morgan fingerprint density at radius 2 is 1.59 bits per heavy atom. The first-order valence-corrected chi connectivity index (χ1v) is 9.16. The maximum Gasteiger partial charge on any atom is 0.215 e. The Morgan fingerprint density at radius 3 is 2.23 bits per heavy atom. The van der Waals surface area contributed by atoms with Crippen LogP contribution in [0.1, 0.15) is 23.6 Å². The van der Waals surface area contributed by atoms with Crippen molar-refractivity contribution in [3.05, 3.63) is 71.3 Å². The lowest BCUT2D eigenvalue weighted by Crippen LogP contribution is -2.30. The lowest BCUT2D eigenvalue weighted by atomic mass is 10.0. The average molecular weight is 317 g/mol. The highest BCUT2D eigenvalue weighted by atomic mass is 32.2. The molecule has 0 aliphatic rings. The summed E-state index contributed by atoms with van der Waals surface area (Å²) in [7, 11) is -3.28. The summed E-state index contributed by atoms with van der Waals surface area (Å²) < 4.78 is 27.0. The molecule has 0 aliphatic carbocycles. The Kier molecular flexibility index (Phi) is 5.75. The van der Waals surface area contributed by atoms with Crippen LogP contribution in [0.25, 0.3) is 0 Å². The number of sulfonamides is 1. The third-order valence-corrected chi connectivity index (χ3v) is 4.88. The van der Waals surface area contributed by atoms with Crippen LogP contribution >= 0.6 is 0 Å². The van der Waals surface area contributed by atoms with Crippen molar-refractivity contribution in [2.45, 2.75) is 26.0 Å². The fourth-order valence-corrected chi connectivity index (χ4v) is 3.58. The van der Waals surface area contributed by atoms with E-state index in [2.05, 4.69) is 23.8 Å². The van der Waals surface area contributed by atoms with Gasteiger partial charge in [-0.1, -0.05) is 67.1 Å². The fraction of sp³-hybridized carbons (Fsp3) is 0.333. The summed E-state index contributed by atoms with van der Waals surface area (Å²) >= 11 is 0. The smallest absolute Gasteiger partial charge is 0.215 e. The van der Waals surface area contributed by atoms with E-state index in [9.17, 15) is 8.42 Å². The molecule has 0 fully saturated rings. The molecule has 2 rings (SSSR count). The third-order valence-electron chi connectivity index (χ3n) is 3.56. The summed E-state index contributed by atoms with van der Waals surface area (Å²) in [4.78, 5) is 0. The molecule has 0 aromatic heterocycles. The SMILES string of the molecule is Cc1ccc(CS(=O)(=O)NCC(C)Cc2ccccc2)cc1.